The van der Waals surface area contributed by atoms with Crippen LogP contribution in [0, 0.1) is 17.8 Å². The van der Waals surface area contributed by atoms with E-state index in [1.807, 2.05) is 11.8 Å². The van der Waals surface area contributed by atoms with Crippen LogP contribution in [0.25, 0.3) is 0 Å². The maximum Gasteiger partial charge on any atom is 0.244 e. The van der Waals surface area contributed by atoms with Crippen molar-refractivity contribution in [3.05, 3.63) is 0 Å². The summed E-state index contributed by atoms with van der Waals surface area (Å²) in [5.41, 5.74) is 0. The summed E-state index contributed by atoms with van der Waals surface area (Å²) >= 11 is 0. The van der Waals surface area contributed by atoms with Gasteiger partial charge < -0.3 is 15.5 Å². The standard InChI is InChI=1S/C17H29N3O2/c1-12(19-16(21)7-13-5-3-2-4-6-13)17(22)20-10-14-8-18-9-15(14)11-20/h12-15,18H,2-11H2,1H3,(H,19,21)/t12?,14-,15+. The fourth-order valence-electron chi connectivity index (χ4n) is 4.32. The predicted molar refractivity (Wildman–Crippen MR) is 85.2 cm³/mol. The Labute approximate surface area is 133 Å². The van der Waals surface area contributed by atoms with Crippen LogP contribution in [-0.2, 0) is 9.59 Å². The summed E-state index contributed by atoms with van der Waals surface area (Å²) in [6, 6.07) is -0.386. The Morgan fingerprint density at radius 3 is 2.41 bits per heavy atom. The van der Waals surface area contributed by atoms with Crippen molar-refractivity contribution in [2.24, 2.45) is 17.8 Å². The van der Waals surface area contributed by atoms with Gasteiger partial charge in [0.15, 0.2) is 0 Å². The molecule has 0 bridgehead atoms. The normalized spacial score (nSPS) is 30.1. The second kappa shape index (κ2) is 6.99. The number of carbonyl (C=O) groups excluding carboxylic acids is 2. The van der Waals surface area contributed by atoms with Crippen molar-refractivity contribution < 1.29 is 9.59 Å². The van der Waals surface area contributed by atoms with Gasteiger partial charge in [-0.05, 0) is 37.5 Å². The molecule has 1 unspecified atom stereocenters. The fraction of sp³-hybridized carbons (Fsp3) is 0.882. The third-order valence-corrected chi connectivity index (χ3v) is 5.65. The molecule has 2 saturated heterocycles. The van der Waals surface area contributed by atoms with Crippen molar-refractivity contribution in [3.8, 4) is 0 Å². The summed E-state index contributed by atoms with van der Waals surface area (Å²) in [6.07, 6.45) is 6.72. The van der Waals surface area contributed by atoms with Gasteiger partial charge in [-0.3, -0.25) is 9.59 Å². The van der Waals surface area contributed by atoms with Gasteiger partial charge in [0.2, 0.25) is 11.8 Å². The Bertz CT molecular complexity index is 408. The topological polar surface area (TPSA) is 61.4 Å². The van der Waals surface area contributed by atoms with Gasteiger partial charge in [0.1, 0.15) is 6.04 Å². The maximum atomic E-state index is 12.5. The first-order valence-corrected chi connectivity index (χ1v) is 8.92. The summed E-state index contributed by atoms with van der Waals surface area (Å²) in [4.78, 5) is 26.6. The molecule has 0 aromatic rings. The third-order valence-electron chi connectivity index (χ3n) is 5.65. The van der Waals surface area contributed by atoms with Gasteiger partial charge in [-0.1, -0.05) is 19.3 Å². The van der Waals surface area contributed by atoms with Gasteiger partial charge in [0, 0.05) is 32.6 Å². The summed E-state index contributed by atoms with van der Waals surface area (Å²) < 4.78 is 0. The molecule has 2 heterocycles. The molecule has 124 valence electrons. The van der Waals surface area contributed by atoms with Crippen molar-refractivity contribution in [2.45, 2.75) is 51.5 Å². The predicted octanol–water partition coefficient (Wildman–Crippen LogP) is 1.14. The van der Waals surface area contributed by atoms with Gasteiger partial charge >= 0.3 is 0 Å². The van der Waals surface area contributed by atoms with Crippen LogP contribution in [0.3, 0.4) is 0 Å². The zero-order valence-corrected chi connectivity index (χ0v) is 13.6. The average molecular weight is 307 g/mol. The molecular formula is C17H29N3O2. The number of nitrogens with zero attached hydrogens (tertiary/aromatic N) is 1. The van der Waals surface area contributed by atoms with Crippen LogP contribution < -0.4 is 10.6 Å². The Balaban J connectivity index is 1.43. The first-order valence-electron chi connectivity index (χ1n) is 8.92. The molecule has 1 aliphatic carbocycles. The number of hydrogen-bond acceptors (Lipinski definition) is 3. The SMILES string of the molecule is CC(NC(=O)CC1CCCCC1)C(=O)N1C[C@H]2CNC[C@H]2C1. The second-order valence-electron chi connectivity index (χ2n) is 7.42. The van der Waals surface area contributed by atoms with E-state index in [0.29, 0.717) is 24.2 Å². The highest BCUT2D eigenvalue weighted by Crippen LogP contribution is 2.27. The van der Waals surface area contributed by atoms with Crippen molar-refractivity contribution in [3.63, 3.8) is 0 Å². The molecule has 3 aliphatic rings. The lowest BCUT2D eigenvalue weighted by atomic mass is 9.87. The molecule has 5 heteroatoms. The molecule has 5 nitrogen and oxygen atoms in total. The van der Waals surface area contributed by atoms with E-state index in [9.17, 15) is 9.59 Å². The van der Waals surface area contributed by atoms with Crippen molar-refractivity contribution in [2.75, 3.05) is 26.2 Å². The van der Waals surface area contributed by atoms with E-state index in [0.717, 1.165) is 39.0 Å². The van der Waals surface area contributed by atoms with E-state index in [-0.39, 0.29) is 17.9 Å². The van der Waals surface area contributed by atoms with E-state index in [1.165, 1.54) is 19.3 Å². The van der Waals surface area contributed by atoms with Crippen molar-refractivity contribution >= 4 is 11.8 Å². The lowest BCUT2D eigenvalue weighted by molar-refractivity contribution is -0.135. The number of hydrogen-bond donors (Lipinski definition) is 2. The molecular weight excluding hydrogens is 278 g/mol. The number of amides is 2. The smallest absolute Gasteiger partial charge is 0.244 e. The maximum absolute atomic E-state index is 12.5. The van der Waals surface area contributed by atoms with Crippen LogP contribution in [-0.4, -0.2) is 48.9 Å². The molecule has 2 N–H and O–H groups in total. The van der Waals surface area contributed by atoms with Gasteiger partial charge in [0.05, 0.1) is 0 Å². The van der Waals surface area contributed by atoms with Crippen molar-refractivity contribution in [1.82, 2.24) is 15.5 Å². The minimum absolute atomic E-state index is 0.0498. The third kappa shape index (κ3) is 3.62. The van der Waals surface area contributed by atoms with E-state index in [2.05, 4.69) is 10.6 Å². The molecule has 0 spiro atoms. The highest BCUT2D eigenvalue weighted by molar-refractivity contribution is 5.87. The highest BCUT2D eigenvalue weighted by atomic mass is 16.2. The van der Waals surface area contributed by atoms with E-state index >= 15 is 0 Å². The first kappa shape index (κ1) is 15.8. The zero-order valence-electron chi connectivity index (χ0n) is 13.6. The highest BCUT2D eigenvalue weighted by Gasteiger charge is 2.39. The number of likely N-dealkylation sites (tertiary alicyclic amines) is 1. The summed E-state index contributed by atoms with van der Waals surface area (Å²) in [5.74, 6) is 1.87. The number of rotatable bonds is 4. The molecule has 2 amide bonds. The Hall–Kier alpha value is -1.10. The molecule has 3 atom stereocenters. The molecule has 3 rings (SSSR count). The monoisotopic (exact) mass is 307 g/mol. The molecule has 0 aromatic carbocycles. The lowest BCUT2D eigenvalue weighted by Gasteiger charge is -2.24. The van der Waals surface area contributed by atoms with Crippen LogP contribution in [0.1, 0.15) is 45.4 Å². The van der Waals surface area contributed by atoms with E-state index < -0.39 is 0 Å². The van der Waals surface area contributed by atoms with E-state index in [4.69, 9.17) is 0 Å². The molecule has 22 heavy (non-hydrogen) atoms. The average Bonchev–Trinajstić information content (AvgIpc) is 3.08. The van der Waals surface area contributed by atoms with Crippen LogP contribution in [0.15, 0.2) is 0 Å². The number of nitrogens with one attached hydrogen (secondary N) is 2. The molecule has 0 aromatic heterocycles. The zero-order chi connectivity index (χ0) is 15.5. The van der Waals surface area contributed by atoms with Gasteiger partial charge in [-0.25, -0.2) is 0 Å². The Morgan fingerprint density at radius 2 is 1.77 bits per heavy atom. The van der Waals surface area contributed by atoms with Gasteiger partial charge in [-0.2, -0.15) is 0 Å². The second-order valence-corrected chi connectivity index (χ2v) is 7.42. The van der Waals surface area contributed by atoms with Crippen LogP contribution in [0.2, 0.25) is 0 Å². The van der Waals surface area contributed by atoms with Gasteiger partial charge in [-0.15, -0.1) is 0 Å². The van der Waals surface area contributed by atoms with Crippen LogP contribution >= 0.6 is 0 Å². The van der Waals surface area contributed by atoms with Crippen molar-refractivity contribution in [1.29, 1.82) is 0 Å². The quantitative estimate of drug-likeness (QED) is 0.819. The number of fused-ring (bicyclic) bond motifs is 1. The summed E-state index contributed by atoms with van der Waals surface area (Å²) in [5, 5.41) is 6.31. The number of carbonyl (C=O) groups is 2. The lowest BCUT2D eigenvalue weighted by Crippen LogP contribution is -2.47. The minimum Gasteiger partial charge on any atom is -0.345 e. The molecule has 2 aliphatic heterocycles. The van der Waals surface area contributed by atoms with E-state index in [1.54, 1.807) is 0 Å². The summed E-state index contributed by atoms with van der Waals surface area (Å²) in [6.45, 7) is 5.57. The minimum atomic E-state index is -0.386. The fourth-order valence-corrected chi connectivity index (χ4v) is 4.32. The van der Waals surface area contributed by atoms with Crippen LogP contribution in [0.5, 0.6) is 0 Å². The summed E-state index contributed by atoms with van der Waals surface area (Å²) in [7, 11) is 0. The molecule has 3 fully saturated rings. The first-order chi connectivity index (χ1) is 10.6. The molecule has 1 saturated carbocycles. The Kier molecular flexibility index (Phi) is 5.01. The van der Waals surface area contributed by atoms with Crippen LogP contribution in [0.4, 0.5) is 0 Å². The largest absolute Gasteiger partial charge is 0.345 e. The Morgan fingerprint density at radius 1 is 1.14 bits per heavy atom. The molecule has 0 radical (unpaired) electrons. The van der Waals surface area contributed by atoms with Gasteiger partial charge in [0.25, 0.3) is 0 Å².